The lowest BCUT2D eigenvalue weighted by Crippen LogP contribution is -2.39. The molecule has 2 amide bonds. The number of nitrogens with two attached hydrogens (primary N) is 1. The van der Waals surface area contributed by atoms with Crippen molar-refractivity contribution in [2.24, 2.45) is 11.7 Å². The van der Waals surface area contributed by atoms with Crippen molar-refractivity contribution in [1.82, 2.24) is 10.6 Å². The Morgan fingerprint density at radius 3 is 2.45 bits per heavy atom. The second kappa shape index (κ2) is 10.00. The highest BCUT2D eigenvalue weighted by atomic mass is 35.5. The summed E-state index contributed by atoms with van der Waals surface area (Å²) in [4.78, 5) is 23.2. The molecule has 1 aliphatic carbocycles. The fourth-order valence-corrected chi connectivity index (χ4v) is 2.59. The zero-order chi connectivity index (χ0) is 14.3. The van der Waals surface area contributed by atoms with Crippen molar-refractivity contribution < 1.29 is 9.59 Å². The Labute approximate surface area is 127 Å². The molecule has 0 aromatic rings. The fourth-order valence-electron chi connectivity index (χ4n) is 2.59. The first-order valence-electron chi connectivity index (χ1n) is 7.31. The quantitative estimate of drug-likeness (QED) is 0.664. The van der Waals surface area contributed by atoms with E-state index in [0.717, 1.165) is 19.3 Å². The Kier molecular flexibility index (Phi) is 9.59. The zero-order valence-electron chi connectivity index (χ0n) is 12.5. The van der Waals surface area contributed by atoms with Crippen molar-refractivity contribution in [1.29, 1.82) is 0 Å². The van der Waals surface area contributed by atoms with Crippen molar-refractivity contribution in [2.45, 2.75) is 64.5 Å². The number of carbonyl (C=O) groups is 2. The number of halogens is 1. The third-order valence-electron chi connectivity index (χ3n) is 3.57. The highest BCUT2D eigenvalue weighted by molar-refractivity contribution is 5.85. The highest BCUT2D eigenvalue weighted by Crippen LogP contribution is 2.24. The van der Waals surface area contributed by atoms with Gasteiger partial charge in [0.05, 0.1) is 0 Å². The second-order valence-electron chi connectivity index (χ2n) is 5.68. The summed E-state index contributed by atoms with van der Waals surface area (Å²) in [5, 5.41) is 5.86. The molecule has 0 bridgehead atoms. The van der Waals surface area contributed by atoms with Crippen molar-refractivity contribution in [2.75, 3.05) is 6.54 Å². The van der Waals surface area contributed by atoms with Crippen LogP contribution < -0.4 is 16.4 Å². The van der Waals surface area contributed by atoms with E-state index in [1.54, 1.807) is 0 Å². The van der Waals surface area contributed by atoms with Gasteiger partial charge < -0.3 is 16.4 Å². The van der Waals surface area contributed by atoms with Gasteiger partial charge in [0.2, 0.25) is 11.8 Å². The third kappa shape index (κ3) is 7.10. The zero-order valence-corrected chi connectivity index (χ0v) is 13.3. The van der Waals surface area contributed by atoms with Gasteiger partial charge in [-0.25, -0.2) is 0 Å². The molecule has 0 aromatic carbocycles. The summed E-state index contributed by atoms with van der Waals surface area (Å²) < 4.78 is 0. The maximum atomic E-state index is 11.8. The first-order chi connectivity index (χ1) is 9.02. The fraction of sp³-hybridized carbons (Fsp3) is 0.857. The van der Waals surface area contributed by atoms with Crippen LogP contribution in [-0.4, -0.2) is 30.4 Å². The molecular formula is C14H28ClN3O2. The lowest BCUT2D eigenvalue weighted by Gasteiger charge is -2.19. The molecule has 1 saturated carbocycles. The summed E-state index contributed by atoms with van der Waals surface area (Å²) in [6, 6.07) is 0.395. The SMILES string of the molecule is CC(C)NC(=O)CCCC(=O)NC1CCCC1CN.Cl. The van der Waals surface area contributed by atoms with Crippen molar-refractivity contribution in [3.05, 3.63) is 0 Å². The van der Waals surface area contributed by atoms with Crippen LogP contribution in [0.5, 0.6) is 0 Å². The van der Waals surface area contributed by atoms with Crippen molar-refractivity contribution in [3.63, 3.8) is 0 Å². The molecule has 20 heavy (non-hydrogen) atoms. The Hall–Kier alpha value is -0.810. The Morgan fingerprint density at radius 1 is 1.20 bits per heavy atom. The van der Waals surface area contributed by atoms with Crippen LogP contribution in [0.25, 0.3) is 0 Å². The van der Waals surface area contributed by atoms with E-state index in [1.165, 1.54) is 0 Å². The minimum atomic E-state index is 0. The number of amides is 2. The second-order valence-corrected chi connectivity index (χ2v) is 5.68. The van der Waals surface area contributed by atoms with Crippen molar-refractivity contribution >= 4 is 24.2 Å². The van der Waals surface area contributed by atoms with E-state index in [0.29, 0.717) is 31.7 Å². The molecule has 1 fully saturated rings. The van der Waals surface area contributed by atoms with Gasteiger partial charge in [-0.15, -0.1) is 12.4 Å². The molecular weight excluding hydrogens is 278 g/mol. The molecule has 118 valence electrons. The summed E-state index contributed by atoms with van der Waals surface area (Å²) in [6.45, 7) is 4.50. The van der Waals surface area contributed by atoms with Gasteiger partial charge in [0.15, 0.2) is 0 Å². The average Bonchev–Trinajstić information content (AvgIpc) is 2.75. The maximum absolute atomic E-state index is 11.8. The van der Waals surface area contributed by atoms with Gasteiger partial charge in [0.25, 0.3) is 0 Å². The summed E-state index contributed by atoms with van der Waals surface area (Å²) in [5.74, 6) is 0.486. The predicted molar refractivity (Wildman–Crippen MR) is 82.7 cm³/mol. The van der Waals surface area contributed by atoms with Crippen LogP contribution in [0.1, 0.15) is 52.4 Å². The van der Waals surface area contributed by atoms with Crippen LogP contribution in [0.2, 0.25) is 0 Å². The molecule has 1 rings (SSSR count). The monoisotopic (exact) mass is 305 g/mol. The number of hydrogen-bond donors (Lipinski definition) is 3. The molecule has 0 saturated heterocycles. The van der Waals surface area contributed by atoms with Gasteiger partial charge in [-0.05, 0) is 45.6 Å². The highest BCUT2D eigenvalue weighted by Gasteiger charge is 2.26. The third-order valence-corrected chi connectivity index (χ3v) is 3.57. The molecule has 2 atom stereocenters. The summed E-state index contributed by atoms with van der Waals surface area (Å²) in [6.07, 6.45) is 4.71. The number of nitrogens with one attached hydrogen (secondary N) is 2. The number of hydrogen-bond acceptors (Lipinski definition) is 3. The van der Waals surface area contributed by atoms with E-state index in [2.05, 4.69) is 10.6 Å². The van der Waals surface area contributed by atoms with Gasteiger partial charge in [-0.3, -0.25) is 9.59 Å². The van der Waals surface area contributed by atoms with Gasteiger partial charge in [0, 0.05) is 24.9 Å². The first-order valence-corrected chi connectivity index (χ1v) is 7.31. The van der Waals surface area contributed by atoms with Gasteiger partial charge in [-0.1, -0.05) is 6.42 Å². The molecule has 0 spiro atoms. The summed E-state index contributed by atoms with van der Waals surface area (Å²) in [7, 11) is 0. The van der Waals surface area contributed by atoms with Crippen molar-refractivity contribution in [3.8, 4) is 0 Å². The normalized spacial score (nSPS) is 21.4. The van der Waals surface area contributed by atoms with Crippen LogP contribution in [0.3, 0.4) is 0 Å². The maximum Gasteiger partial charge on any atom is 0.220 e. The average molecular weight is 306 g/mol. The Bertz CT molecular complexity index is 311. The Morgan fingerprint density at radius 2 is 1.85 bits per heavy atom. The van der Waals surface area contributed by atoms with Crippen LogP contribution in [0, 0.1) is 5.92 Å². The molecule has 2 unspecified atom stereocenters. The van der Waals surface area contributed by atoms with Gasteiger partial charge >= 0.3 is 0 Å². The van der Waals surface area contributed by atoms with Crippen LogP contribution in [0.15, 0.2) is 0 Å². The molecule has 4 N–H and O–H groups in total. The molecule has 6 heteroatoms. The molecule has 1 aliphatic rings. The first kappa shape index (κ1) is 19.2. The number of carbonyl (C=O) groups excluding carboxylic acids is 2. The van der Waals surface area contributed by atoms with Gasteiger partial charge in [-0.2, -0.15) is 0 Å². The van der Waals surface area contributed by atoms with Crippen LogP contribution in [0.4, 0.5) is 0 Å². The van der Waals surface area contributed by atoms with Gasteiger partial charge in [0.1, 0.15) is 0 Å². The van der Waals surface area contributed by atoms with E-state index in [-0.39, 0.29) is 36.3 Å². The van der Waals surface area contributed by atoms with E-state index in [9.17, 15) is 9.59 Å². The van der Waals surface area contributed by atoms with Crippen LogP contribution >= 0.6 is 12.4 Å². The lowest BCUT2D eigenvalue weighted by atomic mass is 10.0. The minimum Gasteiger partial charge on any atom is -0.354 e. The van der Waals surface area contributed by atoms with Crippen LogP contribution in [-0.2, 0) is 9.59 Å². The molecule has 0 aliphatic heterocycles. The van der Waals surface area contributed by atoms with E-state index in [4.69, 9.17) is 5.73 Å². The predicted octanol–water partition coefficient (Wildman–Crippen LogP) is 1.35. The van der Waals surface area contributed by atoms with E-state index >= 15 is 0 Å². The molecule has 0 heterocycles. The molecule has 0 aromatic heterocycles. The number of rotatable bonds is 7. The topological polar surface area (TPSA) is 84.2 Å². The van der Waals surface area contributed by atoms with E-state index < -0.39 is 0 Å². The minimum absolute atomic E-state index is 0. The summed E-state index contributed by atoms with van der Waals surface area (Å²) >= 11 is 0. The summed E-state index contributed by atoms with van der Waals surface area (Å²) in [5.41, 5.74) is 5.68. The van der Waals surface area contributed by atoms with E-state index in [1.807, 2.05) is 13.8 Å². The lowest BCUT2D eigenvalue weighted by molar-refractivity contribution is -0.123. The Balaban J connectivity index is 0.00000361. The molecule has 0 radical (unpaired) electrons. The molecule has 5 nitrogen and oxygen atoms in total. The smallest absolute Gasteiger partial charge is 0.220 e. The standard InChI is InChI=1S/C14H27N3O2.ClH/c1-10(2)16-13(18)7-4-8-14(19)17-12-6-3-5-11(12)9-15;/h10-12H,3-9,15H2,1-2H3,(H,16,18)(H,17,19);1H. The largest absolute Gasteiger partial charge is 0.354 e.